The highest BCUT2D eigenvalue weighted by Crippen LogP contribution is 2.36. The van der Waals surface area contributed by atoms with Gasteiger partial charge in [0.05, 0.1) is 12.6 Å². The molecule has 2 amide bonds. The molecule has 1 fully saturated rings. The van der Waals surface area contributed by atoms with Crippen molar-refractivity contribution in [1.82, 2.24) is 30.4 Å². The molecule has 306 valence electrons. The van der Waals surface area contributed by atoms with Crippen molar-refractivity contribution in [3.63, 3.8) is 0 Å². The Labute approximate surface area is 333 Å². The molecule has 0 bridgehead atoms. The molecule has 0 saturated carbocycles. The van der Waals surface area contributed by atoms with Crippen LogP contribution in [0.4, 0.5) is 10.5 Å². The first-order valence-corrected chi connectivity index (χ1v) is 19.5. The fourth-order valence-corrected chi connectivity index (χ4v) is 6.37. The number of amides is 2. The van der Waals surface area contributed by atoms with Crippen LogP contribution in [0.1, 0.15) is 94.0 Å². The van der Waals surface area contributed by atoms with Gasteiger partial charge in [-0.25, -0.2) is 14.6 Å². The van der Waals surface area contributed by atoms with Gasteiger partial charge < -0.3 is 39.6 Å². The third-order valence-corrected chi connectivity index (χ3v) is 9.36. The van der Waals surface area contributed by atoms with Crippen molar-refractivity contribution in [2.75, 3.05) is 51.4 Å². The molecule has 0 aliphatic carbocycles. The Morgan fingerprint density at radius 2 is 1.63 bits per heavy atom. The van der Waals surface area contributed by atoms with Gasteiger partial charge in [0.2, 0.25) is 0 Å². The number of piperidine rings is 1. The molecule has 5 rings (SSSR count). The van der Waals surface area contributed by atoms with E-state index in [0.717, 1.165) is 41.8 Å². The summed E-state index contributed by atoms with van der Waals surface area (Å²) in [5.41, 5.74) is 1.65. The van der Waals surface area contributed by atoms with Gasteiger partial charge in [-0.15, -0.1) is 0 Å². The van der Waals surface area contributed by atoms with Gasteiger partial charge in [0, 0.05) is 62.1 Å². The number of benzene rings is 2. The minimum atomic E-state index is -0.971. The molecule has 4 N–H and O–H groups in total. The average molecular weight is 786 g/mol. The molecule has 4 aromatic rings. The Bertz CT molecular complexity index is 1890. The number of aromatic amines is 1. The number of aromatic nitrogens is 4. The second-order valence-corrected chi connectivity index (χ2v) is 15.1. The Kier molecular flexibility index (Phi) is 15.4. The third kappa shape index (κ3) is 13.3. The number of aliphatic carboxylic acids is 1. The maximum Gasteiger partial charge on any atom is 0.410 e. The molecule has 2 aromatic heterocycles. The fraction of sp³-hybridized carbons (Fsp3) is 0.476. The molecule has 57 heavy (non-hydrogen) atoms. The first-order chi connectivity index (χ1) is 27.4. The number of pyridine rings is 1. The van der Waals surface area contributed by atoms with E-state index in [1.54, 1.807) is 23.4 Å². The minimum absolute atomic E-state index is 0.221. The monoisotopic (exact) mass is 785 g/mol. The van der Waals surface area contributed by atoms with Crippen LogP contribution in [0.2, 0.25) is 0 Å². The molecular weight excluding hydrogens is 731 g/mol. The van der Waals surface area contributed by atoms with E-state index in [-0.39, 0.29) is 24.6 Å². The second kappa shape index (κ2) is 20.6. The first-order valence-electron chi connectivity index (χ1n) is 19.5. The van der Waals surface area contributed by atoms with E-state index in [2.05, 4.69) is 25.8 Å². The van der Waals surface area contributed by atoms with E-state index >= 15 is 0 Å². The molecule has 3 heterocycles. The van der Waals surface area contributed by atoms with Gasteiger partial charge in [-0.3, -0.25) is 14.9 Å². The van der Waals surface area contributed by atoms with Crippen molar-refractivity contribution >= 4 is 23.7 Å². The van der Waals surface area contributed by atoms with Crippen molar-refractivity contribution in [3.8, 4) is 17.1 Å². The quantitative estimate of drug-likeness (QED) is 0.0691. The summed E-state index contributed by atoms with van der Waals surface area (Å²) >= 11 is 0. The molecule has 1 atom stereocenters. The van der Waals surface area contributed by atoms with Crippen LogP contribution in [0.15, 0.2) is 73.1 Å². The molecule has 1 aliphatic rings. The Morgan fingerprint density at radius 1 is 0.912 bits per heavy atom. The molecule has 15 nitrogen and oxygen atoms in total. The van der Waals surface area contributed by atoms with Crippen molar-refractivity contribution in [2.45, 2.75) is 83.4 Å². The highest BCUT2D eigenvalue weighted by atomic mass is 16.6. The lowest BCUT2D eigenvalue weighted by atomic mass is 9.86. The lowest BCUT2D eigenvalue weighted by Gasteiger charge is -2.41. The number of carboxylic acids is 1. The zero-order valence-electron chi connectivity index (χ0n) is 33.3. The van der Waals surface area contributed by atoms with Crippen LogP contribution in [-0.4, -0.2) is 99.9 Å². The summed E-state index contributed by atoms with van der Waals surface area (Å²) in [5, 5.41) is 23.0. The van der Waals surface area contributed by atoms with Crippen LogP contribution in [0.3, 0.4) is 0 Å². The number of likely N-dealkylation sites (tertiary alicyclic amines) is 1. The van der Waals surface area contributed by atoms with Gasteiger partial charge in [0.15, 0.2) is 11.6 Å². The number of nitrogens with zero attached hydrogens (tertiary/aromatic N) is 4. The maximum absolute atomic E-state index is 13.6. The largest absolute Gasteiger partial charge is 0.494 e. The van der Waals surface area contributed by atoms with E-state index in [0.29, 0.717) is 76.0 Å². The Morgan fingerprint density at radius 3 is 2.39 bits per heavy atom. The normalized spacial score (nSPS) is 14.4. The number of carboxylic acid groups (broad SMARTS) is 1. The highest BCUT2D eigenvalue weighted by molar-refractivity contribution is 5.95. The van der Waals surface area contributed by atoms with Crippen LogP contribution < -0.4 is 15.4 Å². The lowest BCUT2D eigenvalue weighted by molar-refractivity contribution is -0.142. The van der Waals surface area contributed by atoms with Crippen LogP contribution in [0, 0.1) is 0 Å². The summed E-state index contributed by atoms with van der Waals surface area (Å²) < 4.78 is 22.2. The minimum Gasteiger partial charge on any atom is -0.494 e. The number of carbonyl (C=O) groups is 3. The molecule has 1 saturated heterocycles. The van der Waals surface area contributed by atoms with E-state index in [9.17, 15) is 14.4 Å². The van der Waals surface area contributed by atoms with Crippen molar-refractivity contribution in [1.29, 1.82) is 0 Å². The molecule has 15 heteroatoms. The van der Waals surface area contributed by atoms with Gasteiger partial charge in [0.1, 0.15) is 23.5 Å². The predicted octanol–water partition coefficient (Wildman–Crippen LogP) is 6.75. The van der Waals surface area contributed by atoms with E-state index in [4.69, 9.17) is 29.0 Å². The van der Waals surface area contributed by atoms with E-state index in [1.807, 2.05) is 82.3 Å². The number of hydrogen-bond acceptors (Lipinski definition) is 11. The first kappa shape index (κ1) is 42.6. The highest BCUT2D eigenvalue weighted by Gasteiger charge is 2.41. The number of carbonyl (C=O) groups excluding carboxylic acids is 2. The third-order valence-electron chi connectivity index (χ3n) is 9.36. The number of anilines is 1. The van der Waals surface area contributed by atoms with Gasteiger partial charge >= 0.3 is 12.1 Å². The maximum atomic E-state index is 13.6. The van der Waals surface area contributed by atoms with Gasteiger partial charge in [0.25, 0.3) is 5.91 Å². The fourth-order valence-electron chi connectivity index (χ4n) is 6.37. The van der Waals surface area contributed by atoms with Gasteiger partial charge in [-0.05, 0) is 114 Å². The number of H-pyrrole nitrogens is 1. The van der Waals surface area contributed by atoms with E-state index in [1.165, 1.54) is 0 Å². The molecule has 0 radical (unpaired) electrons. The van der Waals surface area contributed by atoms with Crippen molar-refractivity contribution in [2.24, 2.45) is 0 Å². The van der Waals surface area contributed by atoms with Crippen LogP contribution in [-0.2, 0) is 24.5 Å². The van der Waals surface area contributed by atoms with Crippen LogP contribution in [0.5, 0.6) is 5.75 Å². The summed E-state index contributed by atoms with van der Waals surface area (Å²) in [5.74, 6) is 0.714. The topological polar surface area (TPSA) is 190 Å². The van der Waals surface area contributed by atoms with Crippen molar-refractivity contribution in [3.05, 3.63) is 90.0 Å². The van der Waals surface area contributed by atoms with Crippen molar-refractivity contribution < 1.29 is 38.4 Å². The number of rotatable bonds is 20. The van der Waals surface area contributed by atoms with Crippen LogP contribution >= 0.6 is 0 Å². The number of ether oxygens (including phenoxy) is 4. The molecular formula is C42H55N7O8. The summed E-state index contributed by atoms with van der Waals surface area (Å²) in [6.07, 6.45) is 7.46. The Balaban J connectivity index is 1.15. The summed E-state index contributed by atoms with van der Waals surface area (Å²) in [4.78, 5) is 47.7. The van der Waals surface area contributed by atoms with E-state index < -0.39 is 17.1 Å². The zero-order chi connectivity index (χ0) is 40.7. The van der Waals surface area contributed by atoms with Gasteiger partial charge in [-0.1, -0.05) is 18.2 Å². The summed E-state index contributed by atoms with van der Waals surface area (Å²) in [6.45, 7) is 10.2. The average Bonchev–Trinajstić information content (AvgIpc) is 3.70. The SMILES string of the molecule is C[C@@H](NC(=O)c1cccc(NC2(c3nc(-c4ccncc4)n[nH]3)CCN(C(=O)OC(C)(C)C)CC2)c1)c1cccc(OCCCCCOCCCOCC(=O)O)c1. The zero-order valence-corrected chi connectivity index (χ0v) is 33.3. The Hall–Kier alpha value is -5.54. The number of unbranched alkanes of at least 4 members (excludes halogenated alkanes) is 2. The summed E-state index contributed by atoms with van der Waals surface area (Å²) in [6, 6.07) is 18.5. The molecule has 0 spiro atoms. The number of hydrogen-bond donors (Lipinski definition) is 4. The predicted molar refractivity (Wildman–Crippen MR) is 214 cm³/mol. The lowest BCUT2D eigenvalue weighted by Crippen LogP contribution is -2.50. The molecule has 2 aromatic carbocycles. The van der Waals surface area contributed by atoms with Gasteiger partial charge in [-0.2, -0.15) is 5.10 Å². The molecule has 0 unspecified atom stereocenters. The summed E-state index contributed by atoms with van der Waals surface area (Å²) in [7, 11) is 0. The number of nitrogens with one attached hydrogen (secondary N) is 3. The smallest absolute Gasteiger partial charge is 0.410 e. The standard InChI is InChI=1S/C42H55N7O8/c1-30(32-11-9-14-35(28-32)56-26-7-5-6-23-54-24-10-25-55-29-36(50)51)44-38(52)33-12-8-13-34(27-33)46-42(17-21-49(22-18-42)40(53)57-41(2,3)4)39-45-37(47-48-39)31-15-19-43-20-16-31/h8-9,11-16,19-20,27-28,30,46H,5-7,10,17-18,21-26,29H2,1-4H3,(H,44,52)(H,50,51)(H,45,47,48)/t30-/m1/s1. The van der Waals surface area contributed by atoms with Crippen LogP contribution in [0.25, 0.3) is 11.4 Å². The second-order valence-electron chi connectivity index (χ2n) is 15.1. The molecule has 1 aliphatic heterocycles.